The molecule has 0 saturated heterocycles. The van der Waals surface area contributed by atoms with Crippen molar-refractivity contribution in [3.63, 3.8) is 0 Å². The van der Waals surface area contributed by atoms with Gasteiger partial charge in [-0.15, -0.1) is 11.3 Å². The lowest BCUT2D eigenvalue weighted by atomic mass is 10.2. The lowest BCUT2D eigenvalue weighted by Gasteiger charge is -2.13. The average molecular weight is 397 g/mol. The lowest BCUT2D eigenvalue weighted by Crippen LogP contribution is -2.03. The number of nitrogens with zero attached hydrogens (tertiary/aromatic N) is 1. The quantitative estimate of drug-likeness (QED) is 0.598. The Morgan fingerprint density at radius 3 is 2.60 bits per heavy atom. The van der Waals surface area contributed by atoms with Crippen LogP contribution in [-0.4, -0.2) is 18.0 Å². The smallest absolute Gasteiger partial charge is 0.294 e. The highest BCUT2D eigenvalue weighted by atomic mass is 35.5. The van der Waals surface area contributed by atoms with Gasteiger partial charge >= 0.3 is 0 Å². The number of rotatable bonds is 6. The predicted octanol–water partition coefficient (Wildman–Crippen LogP) is 4.45. The number of hydrogen-bond donors (Lipinski definition) is 2. The van der Waals surface area contributed by atoms with Crippen molar-refractivity contribution in [1.29, 1.82) is 0 Å². The summed E-state index contributed by atoms with van der Waals surface area (Å²) >= 11 is 7.12. The summed E-state index contributed by atoms with van der Waals surface area (Å²) in [5, 5.41) is 3.09. The fourth-order valence-electron chi connectivity index (χ4n) is 2.06. The number of hydrogen-bond acceptors (Lipinski definition) is 6. The fraction of sp³-hybridized carbons (Fsp3) is 0.0625. The molecule has 1 aromatic heterocycles. The van der Waals surface area contributed by atoms with Crippen LogP contribution in [0.4, 0.5) is 5.69 Å². The largest absolute Gasteiger partial charge is 0.455 e. The van der Waals surface area contributed by atoms with Crippen LogP contribution in [0.3, 0.4) is 0 Å². The first-order valence-electron chi connectivity index (χ1n) is 7.10. The molecule has 3 aromatic rings. The highest BCUT2D eigenvalue weighted by Gasteiger charge is 2.14. The molecule has 3 rings (SSSR count). The minimum atomic E-state index is -4.32. The minimum Gasteiger partial charge on any atom is -0.455 e. The van der Waals surface area contributed by atoms with E-state index in [0.29, 0.717) is 28.2 Å². The summed E-state index contributed by atoms with van der Waals surface area (Å²) in [6.07, 6.45) is 1.63. The molecule has 1 heterocycles. The molecule has 0 aliphatic carbocycles. The summed E-state index contributed by atoms with van der Waals surface area (Å²) < 4.78 is 38.3. The van der Waals surface area contributed by atoms with Gasteiger partial charge in [-0.2, -0.15) is 8.42 Å². The van der Waals surface area contributed by atoms with Gasteiger partial charge in [-0.3, -0.25) is 4.55 Å². The van der Waals surface area contributed by atoms with E-state index in [1.54, 1.807) is 18.3 Å². The first kappa shape index (κ1) is 17.7. The van der Waals surface area contributed by atoms with Gasteiger partial charge < -0.3 is 10.1 Å². The zero-order valence-electron chi connectivity index (χ0n) is 12.7. The Morgan fingerprint density at radius 1 is 1.20 bits per heavy atom. The van der Waals surface area contributed by atoms with Gasteiger partial charge in [-0.05, 0) is 30.3 Å². The second-order valence-electron chi connectivity index (χ2n) is 4.98. The van der Waals surface area contributed by atoms with E-state index >= 15 is 0 Å². The van der Waals surface area contributed by atoms with Gasteiger partial charge in [0.2, 0.25) is 0 Å². The minimum absolute atomic E-state index is 0.224. The number of halogens is 1. The van der Waals surface area contributed by atoms with Crippen LogP contribution in [0.15, 0.2) is 59.6 Å². The molecular formula is C16H13ClN2O4S2. The molecule has 2 N–H and O–H groups in total. The number of aromatic nitrogens is 1. The second-order valence-corrected chi connectivity index (χ2v) is 8.10. The summed E-state index contributed by atoms with van der Waals surface area (Å²) in [6.45, 7) is 0.379. The van der Waals surface area contributed by atoms with Gasteiger partial charge in [0.25, 0.3) is 10.1 Å². The van der Waals surface area contributed by atoms with E-state index in [2.05, 4.69) is 10.3 Å². The van der Waals surface area contributed by atoms with Gasteiger partial charge in [-0.25, -0.2) is 4.98 Å². The molecular weight excluding hydrogens is 384 g/mol. The molecule has 0 atom stereocenters. The van der Waals surface area contributed by atoms with Crippen LogP contribution in [-0.2, 0) is 16.7 Å². The molecule has 9 heteroatoms. The van der Waals surface area contributed by atoms with Gasteiger partial charge in [0.1, 0.15) is 5.75 Å². The summed E-state index contributed by atoms with van der Waals surface area (Å²) in [7, 11) is -4.32. The number of anilines is 1. The maximum atomic E-state index is 11.4. The third kappa shape index (κ3) is 4.70. The van der Waals surface area contributed by atoms with Crippen molar-refractivity contribution in [2.24, 2.45) is 0 Å². The number of para-hydroxylation sites is 1. The van der Waals surface area contributed by atoms with E-state index in [1.165, 1.54) is 29.5 Å². The third-order valence-electron chi connectivity index (χ3n) is 3.20. The van der Waals surface area contributed by atoms with Crippen LogP contribution < -0.4 is 10.1 Å². The van der Waals surface area contributed by atoms with Gasteiger partial charge in [0.15, 0.2) is 10.2 Å². The molecule has 0 saturated carbocycles. The van der Waals surface area contributed by atoms with E-state index in [9.17, 15) is 13.0 Å². The van der Waals surface area contributed by atoms with Crippen molar-refractivity contribution in [3.05, 3.63) is 64.1 Å². The lowest BCUT2D eigenvalue weighted by molar-refractivity contribution is 0.479. The Hall–Kier alpha value is -2.13. The normalized spacial score (nSPS) is 11.3. The molecule has 0 spiro atoms. The molecule has 0 aliphatic heterocycles. The highest BCUT2D eigenvalue weighted by molar-refractivity contribution is 7.85. The number of thiazole rings is 1. The van der Waals surface area contributed by atoms with Crippen LogP contribution in [0.1, 0.15) is 4.88 Å². The SMILES string of the molecule is O=S(=O)(O)c1ccc(Oc2ccccc2)c(NCc2cnc(Cl)s2)c1. The molecule has 6 nitrogen and oxygen atoms in total. The Bertz CT molecular complexity index is 975. The zero-order chi connectivity index (χ0) is 17.9. The maximum absolute atomic E-state index is 11.4. The van der Waals surface area contributed by atoms with Crippen molar-refractivity contribution in [2.45, 2.75) is 11.4 Å². The van der Waals surface area contributed by atoms with E-state index in [1.807, 2.05) is 18.2 Å². The molecule has 0 radical (unpaired) electrons. The molecule has 0 fully saturated rings. The summed E-state index contributed by atoms with van der Waals surface area (Å²) in [4.78, 5) is 4.60. The van der Waals surface area contributed by atoms with Crippen molar-refractivity contribution in [3.8, 4) is 11.5 Å². The van der Waals surface area contributed by atoms with Gasteiger partial charge in [-0.1, -0.05) is 29.8 Å². The first-order valence-corrected chi connectivity index (χ1v) is 9.74. The number of ether oxygens (including phenoxy) is 1. The first-order chi connectivity index (χ1) is 11.9. The molecule has 2 aromatic carbocycles. The number of benzene rings is 2. The van der Waals surface area contributed by atoms with E-state index < -0.39 is 10.1 Å². The Labute approximate surface area is 153 Å². The van der Waals surface area contributed by atoms with Crippen LogP contribution in [0.25, 0.3) is 0 Å². The summed E-state index contributed by atoms with van der Waals surface area (Å²) in [5.74, 6) is 1.03. The van der Waals surface area contributed by atoms with Crippen molar-refractivity contribution in [2.75, 3.05) is 5.32 Å². The maximum Gasteiger partial charge on any atom is 0.294 e. The molecule has 0 amide bonds. The average Bonchev–Trinajstić information content (AvgIpc) is 2.99. The van der Waals surface area contributed by atoms with Crippen molar-refractivity contribution in [1.82, 2.24) is 4.98 Å². The third-order valence-corrected chi connectivity index (χ3v) is 5.16. The van der Waals surface area contributed by atoms with Gasteiger partial charge in [0, 0.05) is 11.1 Å². The molecule has 25 heavy (non-hydrogen) atoms. The highest BCUT2D eigenvalue weighted by Crippen LogP contribution is 2.32. The standard InChI is InChI=1S/C16H13ClN2O4S2/c17-16-19-10-12(24-16)9-18-14-8-13(25(20,21)22)6-7-15(14)23-11-4-2-1-3-5-11/h1-8,10,18H,9H2,(H,20,21,22). The Kier molecular flexibility index (Phi) is 5.24. The number of nitrogens with one attached hydrogen (secondary N) is 1. The Morgan fingerprint density at radius 2 is 1.96 bits per heavy atom. The zero-order valence-corrected chi connectivity index (χ0v) is 15.1. The topological polar surface area (TPSA) is 88.5 Å². The Balaban J connectivity index is 1.90. The molecule has 0 unspecified atom stereocenters. The van der Waals surface area contributed by atoms with E-state index in [0.717, 1.165) is 4.88 Å². The predicted molar refractivity (Wildman–Crippen MR) is 97.2 cm³/mol. The fourth-order valence-corrected chi connectivity index (χ4v) is 3.48. The van der Waals surface area contributed by atoms with Crippen LogP contribution in [0.2, 0.25) is 4.47 Å². The molecule has 130 valence electrons. The second kappa shape index (κ2) is 7.40. The molecule has 0 aliphatic rings. The van der Waals surface area contributed by atoms with Crippen molar-refractivity contribution < 1.29 is 17.7 Å². The van der Waals surface area contributed by atoms with Crippen LogP contribution >= 0.6 is 22.9 Å². The van der Waals surface area contributed by atoms with Crippen LogP contribution in [0.5, 0.6) is 11.5 Å². The molecule has 0 bridgehead atoms. The van der Waals surface area contributed by atoms with Gasteiger partial charge in [0.05, 0.1) is 17.1 Å². The van der Waals surface area contributed by atoms with Crippen LogP contribution in [0, 0.1) is 0 Å². The van der Waals surface area contributed by atoms with E-state index in [-0.39, 0.29) is 4.90 Å². The summed E-state index contributed by atoms with van der Waals surface area (Å²) in [5.41, 5.74) is 0.420. The van der Waals surface area contributed by atoms with E-state index in [4.69, 9.17) is 16.3 Å². The summed E-state index contributed by atoms with van der Waals surface area (Å²) in [6, 6.07) is 13.2. The monoisotopic (exact) mass is 396 g/mol. The van der Waals surface area contributed by atoms with Crippen molar-refractivity contribution >= 4 is 38.7 Å².